The van der Waals surface area contributed by atoms with Crippen LogP contribution in [0.1, 0.15) is 23.4 Å². The van der Waals surface area contributed by atoms with Crippen LogP contribution in [0.4, 0.5) is 13.2 Å². The van der Waals surface area contributed by atoms with Gasteiger partial charge in [0.15, 0.2) is 6.61 Å². The van der Waals surface area contributed by atoms with Crippen LogP contribution in [0.5, 0.6) is 5.75 Å². The molecule has 0 unspecified atom stereocenters. The number of carbonyl (C=O) groups excluding carboxylic acids is 2. The highest BCUT2D eigenvalue weighted by Crippen LogP contribution is 2.23. The van der Waals surface area contributed by atoms with Gasteiger partial charge in [0.05, 0.1) is 6.04 Å². The van der Waals surface area contributed by atoms with Gasteiger partial charge < -0.3 is 14.8 Å². The summed E-state index contributed by atoms with van der Waals surface area (Å²) in [5.74, 6) is -1.55. The average molecular weight is 399 g/mol. The Morgan fingerprint density at radius 2 is 1.93 bits per heavy atom. The zero-order valence-corrected chi connectivity index (χ0v) is 15.0. The maximum Gasteiger partial charge on any atom is 0.573 e. The van der Waals surface area contributed by atoms with Crippen molar-refractivity contribution in [2.75, 3.05) is 6.61 Å². The Bertz CT molecular complexity index is 786. The van der Waals surface area contributed by atoms with Gasteiger partial charge in [0.2, 0.25) is 0 Å². The Labute approximate surface area is 157 Å². The number of thiophene rings is 1. The number of hydrogen-bond acceptors (Lipinski definition) is 5. The molecule has 1 atom stereocenters. The normalized spacial score (nSPS) is 12.6. The lowest BCUT2D eigenvalue weighted by molar-refractivity contribution is -0.274. The van der Waals surface area contributed by atoms with Crippen molar-refractivity contribution in [3.63, 3.8) is 0 Å². The van der Waals surface area contributed by atoms with Gasteiger partial charge in [0, 0.05) is 11.0 Å². The molecule has 1 N–H and O–H groups in total. The van der Waals surface area contributed by atoms with Crippen molar-refractivity contribution in [3.05, 3.63) is 58.3 Å². The quantitative estimate of drug-likeness (QED) is 0.563. The molecule has 2 aromatic rings. The fourth-order valence-electron chi connectivity index (χ4n) is 2.02. The number of alkyl halides is 3. The van der Waals surface area contributed by atoms with Crippen molar-refractivity contribution in [2.24, 2.45) is 0 Å². The summed E-state index contributed by atoms with van der Waals surface area (Å²) in [6, 6.07) is 8.50. The number of ether oxygens (including phenoxy) is 2. The Morgan fingerprint density at radius 1 is 1.22 bits per heavy atom. The number of halogens is 3. The monoisotopic (exact) mass is 399 g/mol. The number of amides is 1. The molecule has 1 heterocycles. The summed E-state index contributed by atoms with van der Waals surface area (Å²) in [6.45, 7) is 1.38. The maximum absolute atomic E-state index is 12.1. The van der Waals surface area contributed by atoms with Crippen molar-refractivity contribution in [3.8, 4) is 5.75 Å². The molecule has 0 saturated carbocycles. The molecule has 1 aromatic carbocycles. The lowest BCUT2D eigenvalue weighted by Gasteiger charge is -2.11. The minimum Gasteiger partial charge on any atom is -0.452 e. The van der Waals surface area contributed by atoms with Crippen molar-refractivity contribution < 1.29 is 32.2 Å². The standard InChI is InChI=1S/C18H16F3NO4S/c1-12(15-3-2-10-27-15)22-16(23)11-25-17(24)9-6-13-4-7-14(8-5-13)26-18(19,20)21/h2-10,12H,11H2,1H3,(H,22,23)/b9-6+/t12-/m1/s1. The first-order valence-corrected chi connectivity index (χ1v) is 8.64. The summed E-state index contributed by atoms with van der Waals surface area (Å²) >= 11 is 1.50. The van der Waals surface area contributed by atoms with Crippen LogP contribution in [0, 0.1) is 0 Å². The number of benzene rings is 1. The number of carbonyl (C=O) groups is 2. The summed E-state index contributed by atoms with van der Waals surface area (Å²) in [4.78, 5) is 24.4. The molecular weight excluding hydrogens is 383 g/mol. The fourth-order valence-corrected chi connectivity index (χ4v) is 2.76. The van der Waals surface area contributed by atoms with Gasteiger partial charge in [0.1, 0.15) is 5.75 Å². The van der Waals surface area contributed by atoms with E-state index in [1.54, 1.807) is 0 Å². The van der Waals surface area contributed by atoms with Gasteiger partial charge in [-0.15, -0.1) is 24.5 Å². The minimum atomic E-state index is -4.76. The molecule has 0 saturated heterocycles. The van der Waals surface area contributed by atoms with Crippen LogP contribution in [-0.2, 0) is 14.3 Å². The van der Waals surface area contributed by atoms with Crippen LogP contribution in [0.3, 0.4) is 0 Å². The highest BCUT2D eigenvalue weighted by Gasteiger charge is 2.30. The van der Waals surface area contributed by atoms with Gasteiger partial charge in [-0.05, 0) is 42.1 Å². The van der Waals surface area contributed by atoms with Crippen LogP contribution in [0.15, 0.2) is 47.9 Å². The van der Waals surface area contributed by atoms with Crippen LogP contribution in [0.2, 0.25) is 0 Å². The van der Waals surface area contributed by atoms with E-state index in [2.05, 4.69) is 10.1 Å². The summed E-state index contributed by atoms with van der Waals surface area (Å²) in [5.41, 5.74) is 0.470. The van der Waals surface area contributed by atoms with Crippen LogP contribution in [-0.4, -0.2) is 24.8 Å². The molecular formula is C18H16F3NO4S. The lowest BCUT2D eigenvalue weighted by Crippen LogP contribution is -2.30. The smallest absolute Gasteiger partial charge is 0.452 e. The Morgan fingerprint density at radius 3 is 2.52 bits per heavy atom. The summed E-state index contributed by atoms with van der Waals surface area (Å²) in [6.07, 6.45) is -2.33. The van der Waals surface area contributed by atoms with Crippen LogP contribution >= 0.6 is 11.3 Å². The molecule has 0 fully saturated rings. The van der Waals surface area contributed by atoms with Crippen molar-refractivity contribution in [2.45, 2.75) is 19.3 Å². The first-order valence-electron chi connectivity index (χ1n) is 7.76. The second-order valence-corrected chi connectivity index (χ2v) is 6.34. The zero-order chi connectivity index (χ0) is 19.9. The third-order valence-electron chi connectivity index (χ3n) is 3.22. The highest BCUT2D eigenvalue weighted by atomic mass is 32.1. The topological polar surface area (TPSA) is 64.6 Å². The van der Waals surface area contributed by atoms with Crippen LogP contribution in [0.25, 0.3) is 6.08 Å². The molecule has 27 heavy (non-hydrogen) atoms. The lowest BCUT2D eigenvalue weighted by atomic mass is 10.2. The van der Waals surface area contributed by atoms with E-state index in [9.17, 15) is 22.8 Å². The summed E-state index contributed by atoms with van der Waals surface area (Å²) < 4.78 is 44.8. The number of rotatable bonds is 7. The molecule has 9 heteroatoms. The largest absolute Gasteiger partial charge is 0.573 e. The highest BCUT2D eigenvalue weighted by molar-refractivity contribution is 7.10. The summed E-state index contributed by atoms with van der Waals surface area (Å²) in [5, 5.41) is 4.59. The zero-order valence-electron chi connectivity index (χ0n) is 14.2. The Kier molecular flexibility index (Phi) is 7.00. The van der Waals surface area contributed by atoms with E-state index in [0.29, 0.717) is 5.56 Å². The number of nitrogens with one attached hydrogen (secondary N) is 1. The first-order chi connectivity index (χ1) is 12.7. The molecule has 0 aliphatic heterocycles. The molecule has 5 nitrogen and oxygen atoms in total. The SMILES string of the molecule is C[C@@H](NC(=O)COC(=O)/C=C/c1ccc(OC(F)(F)F)cc1)c1cccs1. The molecule has 1 amide bonds. The first kappa shape index (κ1) is 20.5. The van der Waals surface area contributed by atoms with Gasteiger partial charge in [-0.3, -0.25) is 4.79 Å². The second kappa shape index (κ2) is 9.22. The van der Waals surface area contributed by atoms with E-state index in [1.807, 2.05) is 24.4 Å². The molecule has 0 bridgehead atoms. The molecule has 144 valence electrons. The Hall–Kier alpha value is -2.81. The van der Waals surface area contributed by atoms with Crippen molar-refractivity contribution >= 4 is 29.3 Å². The fraction of sp³-hybridized carbons (Fsp3) is 0.222. The van der Waals surface area contributed by atoms with Gasteiger partial charge in [-0.25, -0.2) is 4.79 Å². The summed E-state index contributed by atoms with van der Waals surface area (Å²) in [7, 11) is 0. The van der Waals surface area contributed by atoms with Gasteiger partial charge in [-0.1, -0.05) is 18.2 Å². The molecule has 1 aromatic heterocycles. The molecule has 2 rings (SSSR count). The van der Waals surface area contributed by atoms with Crippen molar-refractivity contribution in [1.29, 1.82) is 0 Å². The van der Waals surface area contributed by atoms with Gasteiger partial charge in [-0.2, -0.15) is 0 Å². The minimum absolute atomic E-state index is 0.191. The third kappa shape index (κ3) is 7.53. The van der Waals surface area contributed by atoms with E-state index in [4.69, 9.17) is 4.74 Å². The second-order valence-electron chi connectivity index (χ2n) is 5.36. The Balaban J connectivity index is 1.77. The van der Waals surface area contributed by atoms with E-state index in [0.717, 1.165) is 23.1 Å². The van der Waals surface area contributed by atoms with Crippen LogP contribution < -0.4 is 10.1 Å². The van der Waals surface area contributed by atoms with Gasteiger partial charge >= 0.3 is 12.3 Å². The average Bonchev–Trinajstić information content (AvgIpc) is 3.13. The maximum atomic E-state index is 12.1. The molecule has 0 radical (unpaired) electrons. The van der Waals surface area contributed by atoms with E-state index >= 15 is 0 Å². The molecule has 0 aliphatic carbocycles. The number of esters is 1. The predicted molar refractivity (Wildman–Crippen MR) is 94.0 cm³/mol. The third-order valence-corrected chi connectivity index (χ3v) is 4.27. The van der Waals surface area contributed by atoms with E-state index < -0.39 is 24.8 Å². The molecule has 0 aliphatic rings. The van der Waals surface area contributed by atoms with Crippen molar-refractivity contribution in [1.82, 2.24) is 5.32 Å². The van der Waals surface area contributed by atoms with E-state index in [1.165, 1.54) is 29.5 Å². The van der Waals surface area contributed by atoms with E-state index in [-0.39, 0.29) is 11.8 Å². The van der Waals surface area contributed by atoms with Gasteiger partial charge in [0.25, 0.3) is 5.91 Å². The number of hydrogen-bond donors (Lipinski definition) is 1. The molecule has 0 spiro atoms. The predicted octanol–water partition coefficient (Wildman–Crippen LogP) is 4.08.